The molecule has 2 N–H and O–H groups in total. The summed E-state index contributed by atoms with van der Waals surface area (Å²) in [6.07, 6.45) is -6.99. The zero-order valence-electron chi connectivity index (χ0n) is 8.77. The molecule has 1 aliphatic rings. The largest absolute Gasteiger partial charge is 0.490 e. The second-order valence-corrected chi connectivity index (χ2v) is 3.97. The third kappa shape index (κ3) is 3.52. The molecule has 0 bridgehead atoms. The molecular weight excluding hydrogens is 249 g/mol. The lowest BCUT2D eigenvalue weighted by Crippen LogP contribution is -2.50. The molecule has 0 radical (unpaired) electrons. The summed E-state index contributed by atoms with van der Waals surface area (Å²) >= 11 is 0. The fourth-order valence-corrected chi connectivity index (χ4v) is 1.66. The predicted molar refractivity (Wildman–Crippen MR) is 47.3 cm³/mol. The van der Waals surface area contributed by atoms with Crippen LogP contribution in [0.5, 0.6) is 0 Å². The minimum absolute atomic E-state index is 0.0847. The first kappa shape index (κ1) is 14.1. The first-order valence-electron chi connectivity index (χ1n) is 5.06. The molecule has 0 unspecified atom stereocenters. The zero-order valence-corrected chi connectivity index (χ0v) is 8.77. The Morgan fingerprint density at radius 1 is 1.29 bits per heavy atom. The van der Waals surface area contributed by atoms with Crippen LogP contribution in [-0.2, 0) is 9.53 Å². The summed E-state index contributed by atoms with van der Waals surface area (Å²) in [5.74, 6) is -5.79. The Bertz CT molecular complexity index is 292. The number of rotatable bonds is 1. The first-order chi connectivity index (χ1) is 7.64. The number of alkyl halides is 5. The average molecular weight is 261 g/mol. The lowest BCUT2D eigenvalue weighted by atomic mass is 10.0. The van der Waals surface area contributed by atoms with Crippen molar-refractivity contribution in [2.45, 2.75) is 49.9 Å². The van der Waals surface area contributed by atoms with E-state index >= 15 is 0 Å². The molecule has 0 aliphatic heterocycles. The van der Waals surface area contributed by atoms with Crippen molar-refractivity contribution in [2.24, 2.45) is 5.73 Å². The average Bonchev–Trinajstić information content (AvgIpc) is 2.29. The number of hydrogen-bond acceptors (Lipinski definition) is 3. The smallest absolute Gasteiger partial charge is 0.454 e. The van der Waals surface area contributed by atoms with Gasteiger partial charge in [-0.1, -0.05) is 0 Å². The lowest BCUT2D eigenvalue weighted by molar-refractivity contribution is -0.209. The van der Waals surface area contributed by atoms with E-state index in [1.165, 1.54) is 0 Å². The number of carbonyl (C=O) groups is 1. The summed E-state index contributed by atoms with van der Waals surface area (Å²) in [6.45, 7) is 0. The number of carbonyl (C=O) groups excluding carboxylic acids is 1. The van der Waals surface area contributed by atoms with Crippen LogP contribution in [0.3, 0.4) is 0 Å². The van der Waals surface area contributed by atoms with Crippen molar-refractivity contribution in [2.75, 3.05) is 0 Å². The van der Waals surface area contributed by atoms with Gasteiger partial charge in [0.1, 0.15) is 12.1 Å². The van der Waals surface area contributed by atoms with Crippen LogP contribution in [0.25, 0.3) is 0 Å². The van der Waals surface area contributed by atoms with Crippen molar-refractivity contribution in [1.29, 1.82) is 0 Å². The van der Waals surface area contributed by atoms with E-state index in [9.17, 15) is 26.7 Å². The van der Waals surface area contributed by atoms with Crippen LogP contribution in [0.1, 0.15) is 25.7 Å². The first-order valence-corrected chi connectivity index (χ1v) is 5.06. The summed E-state index contributed by atoms with van der Waals surface area (Å²) in [6, 6.07) is -1.89. The van der Waals surface area contributed by atoms with Gasteiger partial charge < -0.3 is 10.5 Å². The van der Waals surface area contributed by atoms with Crippen molar-refractivity contribution in [3.63, 3.8) is 0 Å². The van der Waals surface area contributed by atoms with Crippen molar-refractivity contribution < 1.29 is 31.5 Å². The van der Waals surface area contributed by atoms with Gasteiger partial charge in [0, 0.05) is 6.42 Å². The third-order valence-corrected chi connectivity index (χ3v) is 2.63. The fraction of sp³-hybridized carbons (Fsp3) is 0.889. The van der Waals surface area contributed by atoms with Gasteiger partial charge in [0.05, 0.1) is 0 Å². The maximum Gasteiger partial charge on any atom is 0.490 e. The van der Waals surface area contributed by atoms with Crippen molar-refractivity contribution >= 4 is 5.97 Å². The van der Waals surface area contributed by atoms with Crippen LogP contribution in [0.2, 0.25) is 0 Å². The van der Waals surface area contributed by atoms with E-state index in [0.717, 1.165) is 0 Å². The van der Waals surface area contributed by atoms with Gasteiger partial charge in [-0.3, -0.25) is 0 Å². The Kier molecular flexibility index (Phi) is 3.95. The Hall–Kier alpha value is -0.920. The molecule has 17 heavy (non-hydrogen) atoms. The lowest BCUT2D eigenvalue weighted by Gasteiger charge is -2.27. The Morgan fingerprint density at radius 3 is 2.41 bits per heavy atom. The van der Waals surface area contributed by atoms with Gasteiger partial charge in [0.2, 0.25) is 0 Å². The number of hydrogen-bond donors (Lipinski definition) is 1. The predicted octanol–water partition coefficient (Wildman–Crippen LogP) is 2.00. The van der Waals surface area contributed by atoms with Crippen LogP contribution in [-0.4, -0.2) is 30.2 Å². The van der Waals surface area contributed by atoms with Gasteiger partial charge in [-0.25, -0.2) is 13.6 Å². The summed E-state index contributed by atoms with van der Waals surface area (Å²) in [5, 5.41) is 0. The number of esters is 1. The van der Waals surface area contributed by atoms with E-state index in [2.05, 4.69) is 4.74 Å². The van der Waals surface area contributed by atoms with Crippen molar-refractivity contribution in [3.05, 3.63) is 0 Å². The van der Waals surface area contributed by atoms with E-state index in [0.29, 0.717) is 0 Å². The molecule has 2 atom stereocenters. The van der Waals surface area contributed by atoms with Crippen molar-refractivity contribution in [3.8, 4) is 0 Å². The maximum absolute atomic E-state index is 13.3. The number of ether oxygens (including phenoxy) is 1. The van der Waals surface area contributed by atoms with Crippen LogP contribution >= 0.6 is 0 Å². The quantitative estimate of drug-likeness (QED) is 0.446. The number of nitrogens with two attached hydrogens (primary N) is 1. The fourth-order valence-electron chi connectivity index (χ4n) is 1.66. The SMILES string of the molecule is N[C@H]1[C@@H](OC(=O)C(F)(F)F)CCCCC1(F)F. The summed E-state index contributed by atoms with van der Waals surface area (Å²) in [4.78, 5) is 10.6. The molecule has 0 aromatic carbocycles. The van der Waals surface area contributed by atoms with E-state index in [-0.39, 0.29) is 19.3 Å². The Morgan fingerprint density at radius 2 is 1.88 bits per heavy atom. The van der Waals surface area contributed by atoms with Crippen LogP contribution in [0.4, 0.5) is 22.0 Å². The molecular formula is C9H12F5NO2. The second kappa shape index (κ2) is 4.75. The summed E-state index contributed by atoms with van der Waals surface area (Å²) in [5.41, 5.74) is 5.15. The number of halogens is 5. The monoisotopic (exact) mass is 261 g/mol. The molecule has 100 valence electrons. The van der Waals surface area contributed by atoms with E-state index in [1.807, 2.05) is 0 Å². The van der Waals surface area contributed by atoms with Crippen LogP contribution in [0.15, 0.2) is 0 Å². The second-order valence-electron chi connectivity index (χ2n) is 3.97. The van der Waals surface area contributed by atoms with Crippen LogP contribution in [0, 0.1) is 0 Å². The molecule has 3 nitrogen and oxygen atoms in total. The molecule has 1 saturated carbocycles. The van der Waals surface area contributed by atoms with E-state index in [1.54, 1.807) is 0 Å². The maximum atomic E-state index is 13.3. The molecule has 0 aromatic heterocycles. The van der Waals surface area contributed by atoms with Crippen LogP contribution < -0.4 is 5.73 Å². The third-order valence-electron chi connectivity index (χ3n) is 2.63. The van der Waals surface area contributed by atoms with E-state index in [4.69, 9.17) is 5.73 Å². The Labute approximate surface area is 94.1 Å². The topological polar surface area (TPSA) is 52.3 Å². The van der Waals surface area contributed by atoms with E-state index < -0.39 is 36.6 Å². The highest BCUT2D eigenvalue weighted by atomic mass is 19.4. The highest BCUT2D eigenvalue weighted by molar-refractivity contribution is 5.75. The minimum atomic E-state index is -5.19. The van der Waals surface area contributed by atoms with Gasteiger partial charge in [-0.2, -0.15) is 13.2 Å². The summed E-state index contributed by atoms with van der Waals surface area (Å²) < 4.78 is 66.3. The van der Waals surface area contributed by atoms with Gasteiger partial charge in [0.15, 0.2) is 0 Å². The molecule has 1 aliphatic carbocycles. The molecule has 1 rings (SSSR count). The molecule has 0 heterocycles. The zero-order chi connectivity index (χ0) is 13.3. The van der Waals surface area contributed by atoms with Gasteiger partial charge in [-0.15, -0.1) is 0 Å². The minimum Gasteiger partial charge on any atom is -0.454 e. The molecule has 0 spiro atoms. The molecule has 0 saturated heterocycles. The Balaban J connectivity index is 2.72. The standard InChI is InChI=1S/C9H12F5NO2/c10-8(11)4-2-1-3-5(6(8)15)17-7(16)9(12,13)14/h5-6H,1-4,15H2/t5-,6-/m0/s1. The molecule has 0 aromatic rings. The highest BCUT2D eigenvalue weighted by Crippen LogP contribution is 2.33. The highest BCUT2D eigenvalue weighted by Gasteiger charge is 2.48. The van der Waals surface area contributed by atoms with Gasteiger partial charge in [0.25, 0.3) is 5.92 Å². The van der Waals surface area contributed by atoms with Gasteiger partial charge >= 0.3 is 12.1 Å². The molecule has 1 fully saturated rings. The van der Waals surface area contributed by atoms with Crippen molar-refractivity contribution in [1.82, 2.24) is 0 Å². The molecule has 8 heteroatoms. The molecule has 0 amide bonds. The summed E-state index contributed by atoms with van der Waals surface area (Å²) in [7, 11) is 0. The van der Waals surface area contributed by atoms with Gasteiger partial charge in [-0.05, 0) is 19.3 Å². The normalized spacial score (nSPS) is 29.5.